The van der Waals surface area contributed by atoms with Gasteiger partial charge in [-0.3, -0.25) is 4.79 Å². The molecule has 0 aliphatic heterocycles. The first-order chi connectivity index (χ1) is 6.13. The largest absolute Gasteiger partial charge is 0.285 e. The van der Waals surface area contributed by atoms with Gasteiger partial charge < -0.3 is 0 Å². The summed E-state index contributed by atoms with van der Waals surface area (Å²) in [6.45, 7) is 0. The predicted octanol–water partition coefficient (Wildman–Crippen LogP) is 3.45. The highest BCUT2D eigenvalue weighted by molar-refractivity contribution is 9.11. The van der Waals surface area contributed by atoms with Crippen LogP contribution >= 0.6 is 44.1 Å². The Morgan fingerprint density at radius 3 is 2.31 bits per heavy atom. The predicted molar refractivity (Wildman–Crippen MR) is 61.2 cm³/mol. The Bertz CT molecular complexity index is 379. The molecule has 0 heterocycles. The Balaban J connectivity index is 3.15. The smallest absolute Gasteiger partial charge is 0.266 e. The van der Waals surface area contributed by atoms with Crippen LogP contribution in [0.3, 0.4) is 0 Å². The second kappa shape index (κ2) is 4.77. The third-order valence-corrected chi connectivity index (χ3v) is 2.26. The minimum Gasteiger partial charge on any atom is -0.266 e. The van der Waals surface area contributed by atoms with Gasteiger partial charge in [0.2, 0.25) is 0 Å². The van der Waals surface area contributed by atoms with Gasteiger partial charge in [0, 0.05) is 14.5 Å². The molecule has 2 nitrogen and oxygen atoms in total. The molecule has 0 aliphatic carbocycles. The molecule has 1 rings (SSSR count). The fourth-order valence-electron chi connectivity index (χ4n) is 0.783. The van der Waals surface area contributed by atoms with E-state index in [9.17, 15) is 4.79 Å². The van der Waals surface area contributed by atoms with E-state index in [0.717, 1.165) is 8.95 Å². The summed E-state index contributed by atoms with van der Waals surface area (Å²) in [5, 5.41) is 2.03. The fraction of sp³-hybridized carbons (Fsp3) is 0. The van der Waals surface area contributed by atoms with Gasteiger partial charge in [0.15, 0.2) is 0 Å². The van der Waals surface area contributed by atoms with Gasteiger partial charge in [-0.15, -0.1) is 0 Å². The summed E-state index contributed by atoms with van der Waals surface area (Å²) >= 11 is 10.9. The van der Waals surface area contributed by atoms with Gasteiger partial charge in [0.1, 0.15) is 0 Å². The summed E-state index contributed by atoms with van der Waals surface area (Å²) in [7, 11) is 0. The van der Waals surface area contributed by atoms with E-state index in [1.165, 1.54) is 0 Å². The summed E-state index contributed by atoms with van der Waals surface area (Å²) in [6.07, 6.45) is 0. The first kappa shape index (κ1) is 10.7. The van der Waals surface area contributed by atoms with Gasteiger partial charge in [-0.25, -0.2) is 0 Å². The molecule has 1 aromatic carbocycles. The van der Waals surface area contributed by atoms with Crippen LogP contribution in [0.5, 0.6) is 0 Å². The minimum absolute atomic E-state index is 0.392. The molecule has 0 atom stereocenters. The van der Waals surface area contributed by atoms with Crippen molar-refractivity contribution < 1.29 is 4.79 Å². The van der Waals surface area contributed by atoms with Crippen molar-refractivity contribution in [3.63, 3.8) is 0 Å². The number of hydrogen-bond acceptors (Lipinski definition) is 2. The van der Waals surface area contributed by atoms with Crippen LogP contribution in [-0.4, -0.2) is 11.1 Å². The van der Waals surface area contributed by atoms with Crippen LogP contribution in [-0.2, 0) is 0 Å². The number of hydrogen-bond donors (Lipinski definition) is 0. The molecule has 0 N–H and O–H groups in total. The Labute approximate surface area is 97.3 Å². The molecular formula is C8H3Br2NOS. The monoisotopic (exact) mass is 319 g/mol. The van der Waals surface area contributed by atoms with Crippen molar-refractivity contribution in [1.29, 1.82) is 0 Å². The fourth-order valence-corrected chi connectivity index (χ4v) is 2.16. The van der Waals surface area contributed by atoms with Gasteiger partial charge in [-0.1, -0.05) is 31.9 Å². The molecule has 0 aliphatic rings. The number of amides is 1. The molecule has 0 saturated carbocycles. The number of halogens is 2. The lowest BCUT2D eigenvalue weighted by atomic mass is 10.2. The maximum Gasteiger partial charge on any atom is 0.285 e. The topological polar surface area (TPSA) is 29.4 Å². The summed E-state index contributed by atoms with van der Waals surface area (Å²) in [4.78, 5) is 14.6. The van der Waals surface area contributed by atoms with E-state index in [2.05, 4.69) is 49.1 Å². The lowest BCUT2D eigenvalue weighted by Gasteiger charge is -1.97. The van der Waals surface area contributed by atoms with E-state index in [1.54, 1.807) is 12.1 Å². The zero-order chi connectivity index (χ0) is 9.84. The van der Waals surface area contributed by atoms with Gasteiger partial charge in [-0.2, -0.15) is 4.99 Å². The highest BCUT2D eigenvalue weighted by atomic mass is 79.9. The SMILES string of the molecule is O=C(N=C=S)c1cc(Br)cc(Br)c1. The molecule has 13 heavy (non-hydrogen) atoms. The molecule has 0 bridgehead atoms. The Morgan fingerprint density at radius 1 is 1.31 bits per heavy atom. The van der Waals surface area contributed by atoms with Gasteiger partial charge in [0.25, 0.3) is 5.91 Å². The molecular weight excluding hydrogens is 318 g/mol. The zero-order valence-corrected chi connectivity index (χ0v) is 10.2. The van der Waals surface area contributed by atoms with E-state index in [-0.39, 0.29) is 0 Å². The van der Waals surface area contributed by atoms with E-state index >= 15 is 0 Å². The van der Waals surface area contributed by atoms with Gasteiger partial charge in [0.05, 0.1) is 5.16 Å². The van der Waals surface area contributed by atoms with Crippen LogP contribution < -0.4 is 0 Å². The molecule has 0 saturated heterocycles. The number of nitrogens with zero attached hydrogens (tertiary/aromatic N) is 1. The highest BCUT2D eigenvalue weighted by Gasteiger charge is 2.04. The Kier molecular flexibility index (Phi) is 3.93. The summed E-state index contributed by atoms with van der Waals surface area (Å²) < 4.78 is 1.62. The number of carbonyl (C=O) groups is 1. The Hall–Kier alpha value is -0.350. The van der Waals surface area contributed by atoms with Gasteiger partial charge in [-0.05, 0) is 30.4 Å². The van der Waals surface area contributed by atoms with E-state index in [1.807, 2.05) is 11.2 Å². The number of isothiocyanates is 1. The molecule has 1 aromatic rings. The van der Waals surface area contributed by atoms with Gasteiger partial charge >= 0.3 is 0 Å². The van der Waals surface area contributed by atoms with E-state index in [4.69, 9.17) is 0 Å². The quantitative estimate of drug-likeness (QED) is 0.586. The first-order valence-corrected chi connectivity index (χ1v) is 5.21. The second-order valence-electron chi connectivity index (χ2n) is 2.17. The molecule has 0 radical (unpaired) electrons. The first-order valence-electron chi connectivity index (χ1n) is 3.22. The van der Waals surface area contributed by atoms with Crippen LogP contribution in [0, 0.1) is 0 Å². The van der Waals surface area contributed by atoms with Crippen LogP contribution in [0.25, 0.3) is 0 Å². The van der Waals surface area contributed by atoms with Crippen molar-refractivity contribution >= 4 is 55.1 Å². The molecule has 0 aromatic heterocycles. The number of carbonyl (C=O) groups excluding carboxylic acids is 1. The highest BCUT2D eigenvalue weighted by Crippen LogP contribution is 2.20. The lowest BCUT2D eigenvalue weighted by molar-refractivity contribution is 0.100. The average Bonchev–Trinajstić information content (AvgIpc) is 2.03. The van der Waals surface area contributed by atoms with Crippen molar-refractivity contribution in [3.05, 3.63) is 32.7 Å². The van der Waals surface area contributed by atoms with Crippen LogP contribution in [0.15, 0.2) is 32.1 Å². The van der Waals surface area contributed by atoms with Crippen molar-refractivity contribution in [1.82, 2.24) is 0 Å². The third-order valence-electron chi connectivity index (χ3n) is 1.26. The van der Waals surface area contributed by atoms with E-state index in [0.29, 0.717) is 5.56 Å². The molecule has 1 amide bonds. The lowest BCUT2D eigenvalue weighted by Crippen LogP contribution is -1.93. The number of rotatable bonds is 1. The van der Waals surface area contributed by atoms with Crippen LogP contribution in [0.1, 0.15) is 10.4 Å². The standard InChI is InChI=1S/C8H3Br2NOS/c9-6-1-5(2-7(10)3-6)8(12)11-4-13/h1-3H. The molecule has 66 valence electrons. The third kappa shape index (κ3) is 3.12. The van der Waals surface area contributed by atoms with Crippen molar-refractivity contribution in [2.45, 2.75) is 0 Å². The summed E-state index contributed by atoms with van der Waals surface area (Å²) in [6, 6.07) is 5.17. The molecule has 0 spiro atoms. The number of aliphatic imine (C=N–C) groups is 1. The summed E-state index contributed by atoms with van der Waals surface area (Å²) in [5.74, 6) is -0.392. The number of thiocarbonyl (C=S) groups is 1. The summed E-state index contributed by atoms with van der Waals surface area (Å²) in [5.41, 5.74) is 0.471. The van der Waals surface area contributed by atoms with Crippen molar-refractivity contribution in [2.75, 3.05) is 0 Å². The number of benzene rings is 1. The van der Waals surface area contributed by atoms with Crippen LogP contribution in [0.4, 0.5) is 0 Å². The van der Waals surface area contributed by atoms with Crippen molar-refractivity contribution in [2.24, 2.45) is 4.99 Å². The Morgan fingerprint density at radius 2 is 1.85 bits per heavy atom. The normalized spacial score (nSPS) is 9.08. The molecule has 0 unspecified atom stereocenters. The maximum absolute atomic E-state index is 11.2. The zero-order valence-electron chi connectivity index (χ0n) is 6.25. The molecule has 0 fully saturated rings. The molecule has 5 heteroatoms. The maximum atomic E-state index is 11.2. The second-order valence-corrected chi connectivity index (χ2v) is 4.18. The minimum atomic E-state index is -0.392. The van der Waals surface area contributed by atoms with Crippen LogP contribution in [0.2, 0.25) is 0 Å². The average molecular weight is 321 g/mol. The van der Waals surface area contributed by atoms with Crippen molar-refractivity contribution in [3.8, 4) is 0 Å². The van der Waals surface area contributed by atoms with E-state index < -0.39 is 5.91 Å².